The second-order valence-electron chi connectivity index (χ2n) is 4.79. The Hall–Kier alpha value is -2.09. The van der Waals surface area contributed by atoms with E-state index in [-0.39, 0.29) is 0 Å². The lowest BCUT2D eigenvalue weighted by molar-refractivity contribution is 0.836. The second-order valence-corrected chi connectivity index (χ2v) is 6.01. The van der Waals surface area contributed by atoms with Crippen LogP contribution in [0.4, 0.5) is 5.69 Å². The Labute approximate surface area is 124 Å². The van der Waals surface area contributed by atoms with Gasteiger partial charge in [-0.2, -0.15) is 16.9 Å². The van der Waals surface area contributed by atoms with E-state index in [0.29, 0.717) is 11.3 Å². The number of aryl methyl sites for hydroxylation is 1. The number of aromatic nitrogens is 4. The van der Waals surface area contributed by atoms with Gasteiger partial charge < -0.3 is 9.88 Å². The molecular weight excluding hydrogens is 290 g/mol. The molecule has 0 amide bonds. The number of H-pyrrole nitrogens is 2. The van der Waals surface area contributed by atoms with E-state index in [0.717, 1.165) is 36.0 Å². The maximum Gasteiger partial charge on any atom is 0.325 e. The number of nitrogens with one attached hydrogen (secondary N) is 2. The van der Waals surface area contributed by atoms with Crippen LogP contribution < -0.4 is 16.1 Å². The van der Waals surface area contributed by atoms with Gasteiger partial charge in [-0.3, -0.25) is 9.78 Å². The third kappa shape index (κ3) is 2.85. The zero-order valence-electron chi connectivity index (χ0n) is 11.5. The summed E-state index contributed by atoms with van der Waals surface area (Å²) >= 11 is 1.93. The highest BCUT2D eigenvalue weighted by atomic mass is 32.2. The minimum Gasteiger partial charge on any atom is -0.368 e. The number of hydrogen-bond donors (Lipinski definition) is 2. The number of thioether (sulfide) groups is 1. The van der Waals surface area contributed by atoms with Crippen molar-refractivity contribution in [1.82, 2.24) is 20.2 Å². The van der Waals surface area contributed by atoms with Crippen LogP contribution >= 0.6 is 11.8 Å². The molecule has 2 aromatic rings. The fourth-order valence-electron chi connectivity index (χ4n) is 2.30. The maximum absolute atomic E-state index is 11.9. The van der Waals surface area contributed by atoms with Gasteiger partial charge in [0.2, 0.25) is 0 Å². The largest absolute Gasteiger partial charge is 0.368 e. The van der Waals surface area contributed by atoms with Crippen LogP contribution in [0.2, 0.25) is 0 Å². The van der Waals surface area contributed by atoms with Crippen LogP contribution in [0, 0.1) is 6.92 Å². The molecule has 0 aromatic carbocycles. The normalized spacial score (nSPS) is 15.2. The van der Waals surface area contributed by atoms with Crippen LogP contribution in [-0.2, 0) is 0 Å². The van der Waals surface area contributed by atoms with Gasteiger partial charge in [-0.25, -0.2) is 4.79 Å². The molecule has 0 atom stereocenters. The molecule has 0 bridgehead atoms. The van der Waals surface area contributed by atoms with Gasteiger partial charge in [-0.1, -0.05) is 0 Å². The topological polar surface area (TPSA) is 94.7 Å². The average Bonchev–Trinajstić information content (AvgIpc) is 2.49. The molecule has 0 unspecified atom stereocenters. The zero-order valence-corrected chi connectivity index (χ0v) is 12.4. The van der Waals surface area contributed by atoms with E-state index < -0.39 is 11.2 Å². The summed E-state index contributed by atoms with van der Waals surface area (Å²) in [4.78, 5) is 29.8. The molecule has 110 valence electrons. The number of hydrogen-bond acceptors (Lipinski definition) is 6. The number of nitrogens with zero attached hydrogens (tertiary/aromatic N) is 3. The first-order valence-corrected chi connectivity index (χ1v) is 7.80. The predicted octanol–water partition coefficient (Wildman–Crippen LogP) is 0.382. The van der Waals surface area contributed by atoms with Crippen molar-refractivity contribution in [2.24, 2.45) is 0 Å². The molecule has 1 fully saturated rings. The van der Waals surface area contributed by atoms with E-state index in [4.69, 9.17) is 0 Å². The van der Waals surface area contributed by atoms with E-state index >= 15 is 0 Å². The van der Waals surface area contributed by atoms with Gasteiger partial charge in [-0.15, -0.1) is 5.10 Å². The summed E-state index contributed by atoms with van der Waals surface area (Å²) in [5.74, 6) is 2.16. The highest BCUT2D eigenvalue weighted by molar-refractivity contribution is 7.99. The van der Waals surface area contributed by atoms with Crippen LogP contribution in [0.3, 0.4) is 0 Å². The molecule has 7 nitrogen and oxygen atoms in total. The SMILES string of the molecule is Cc1nnc(-c2c[nH]c(=O)[nH]c2=O)cc1N1CCSCC1. The standard InChI is InChI=1S/C13H15N5O2S/c1-8-11(18-2-4-21-5-3-18)6-10(17-16-8)9-7-14-13(20)15-12(9)19/h6-7H,2-5H2,1H3,(H2,14,15,19,20). The minimum atomic E-state index is -0.530. The van der Waals surface area contributed by atoms with Crippen molar-refractivity contribution in [3.8, 4) is 11.3 Å². The van der Waals surface area contributed by atoms with Gasteiger partial charge in [-0.05, 0) is 13.0 Å². The summed E-state index contributed by atoms with van der Waals surface area (Å²) in [5.41, 5.74) is 1.62. The van der Waals surface area contributed by atoms with Gasteiger partial charge in [0.05, 0.1) is 16.9 Å². The Balaban J connectivity index is 2.04. The smallest absolute Gasteiger partial charge is 0.325 e. The molecule has 2 aromatic heterocycles. The molecule has 1 aliphatic heterocycles. The minimum absolute atomic E-state index is 0.315. The third-order valence-corrected chi connectivity index (χ3v) is 4.34. The van der Waals surface area contributed by atoms with Crippen molar-refractivity contribution in [1.29, 1.82) is 0 Å². The van der Waals surface area contributed by atoms with Crippen LogP contribution in [-0.4, -0.2) is 44.8 Å². The van der Waals surface area contributed by atoms with Gasteiger partial charge in [0.15, 0.2) is 0 Å². The van der Waals surface area contributed by atoms with Crippen LogP contribution in [0.15, 0.2) is 21.9 Å². The van der Waals surface area contributed by atoms with Crippen molar-refractivity contribution < 1.29 is 0 Å². The first-order chi connectivity index (χ1) is 10.1. The van der Waals surface area contributed by atoms with Crippen molar-refractivity contribution in [3.05, 3.63) is 38.8 Å². The van der Waals surface area contributed by atoms with Crippen LogP contribution in [0.5, 0.6) is 0 Å². The Bertz CT molecular complexity index is 764. The number of aromatic amines is 2. The molecule has 3 rings (SSSR count). The number of anilines is 1. The molecule has 1 aliphatic rings. The zero-order chi connectivity index (χ0) is 14.8. The molecular formula is C13H15N5O2S. The molecule has 0 saturated carbocycles. The van der Waals surface area contributed by atoms with Crippen molar-refractivity contribution in [2.75, 3.05) is 29.5 Å². The highest BCUT2D eigenvalue weighted by Crippen LogP contribution is 2.24. The summed E-state index contributed by atoms with van der Waals surface area (Å²) in [5, 5.41) is 8.22. The van der Waals surface area contributed by atoms with E-state index in [9.17, 15) is 9.59 Å². The fourth-order valence-corrected chi connectivity index (χ4v) is 3.20. The first-order valence-electron chi connectivity index (χ1n) is 6.64. The van der Waals surface area contributed by atoms with Crippen LogP contribution in [0.1, 0.15) is 5.69 Å². The molecule has 1 saturated heterocycles. The monoisotopic (exact) mass is 305 g/mol. The van der Waals surface area contributed by atoms with Gasteiger partial charge in [0.25, 0.3) is 5.56 Å². The lowest BCUT2D eigenvalue weighted by atomic mass is 10.2. The summed E-state index contributed by atoms with van der Waals surface area (Å²) in [6, 6.07) is 1.86. The van der Waals surface area contributed by atoms with E-state index in [1.807, 2.05) is 24.8 Å². The fraction of sp³-hybridized carbons (Fsp3) is 0.385. The summed E-state index contributed by atoms with van der Waals surface area (Å²) < 4.78 is 0. The lowest BCUT2D eigenvalue weighted by Crippen LogP contribution is -2.33. The van der Waals surface area contributed by atoms with Crippen LogP contribution in [0.25, 0.3) is 11.3 Å². The molecule has 3 heterocycles. The van der Waals surface area contributed by atoms with Crippen molar-refractivity contribution in [3.63, 3.8) is 0 Å². The van der Waals surface area contributed by atoms with E-state index in [2.05, 4.69) is 25.1 Å². The van der Waals surface area contributed by atoms with Gasteiger partial charge in [0, 0.05) is 30.8 Å². The second kappa shape index (κ2) is 5.72. The Morgan fingerprint density at radius 2 is 2.00 bits per heavy atom. The highest BCUT2D eigenvalue weighted by Gasteiger charge is 2.16. The lowest BCUT2D eigenvalue weighted by Gasteiger charge is -2.29. The molecule has 2 N–H and O–H groups in total. The summed E-state index contributed by atoms with van der Waals surface area (Å²) in [6.07, 6.45) is 1.37. The van der Waals surface area contributed by atoms with Gasteiger partial charge >= 0.3 is 5.69 Å². The Morgan fingerprint density at radius 3 is 2.71 bits per heavy atom. The Kier molecular flexibility index (Phi) is 3.78. The maximum atomic E-state index is 11.9. The van der Waals surface area contributed by atoms with Crippen molar-refractivity contribution >= 4 is 17.4 Å². The van der Waals surface area contributed by atoms with E-state index in [1.54, 1.807) is 0 Å². The molecule has 0 spiro atoms. The predicted molar refractivity (Wildman–Crippen MR) is 83.0 cm³/mol. The molecule has 8 heteroatoms. The Morgan fingerprint density at radius 1 is 1.24 bits per heavy atom. The molecule has 21 heavy (non-hydrogen) atoms. The van der Waals surface area contributed by atoms with Crippen molar-refractivity contribution in [2.45, 2.75) is 6.92 Å². The summed E-state index contributed by atoms with van der Waals surface area (Å²) in [6.45, 7) is 3.82. The molecule has 0 aliphatic carbocycles. The summed E-state index contributed by atoms with van der Waals surface area (Å²) in [7, 11) is 0. The van der Waals surface area contributed by atoms with E-state index in [1.165, 1.54) is 6.20 Å². The quantitative estimate of drug-likeness (QED) is 0.833. The number of rotatable bonds is 2. The first kappa shape index (κ1) is 13.9. The average molecular weight is 305 g/mol. The van der Waals surface area contributed by atoms with Gasteiger partial charge in [0.1, 0.15) is 5.69 Å². The third-order valence-electron chi connectivity index (χ3n) is 3.40. The molecule has 0 radical (unpaired) electrons.